The largest absolute Gasteiger partial charge is 0.507 e. The Morgan fingerprint density at radius 2 is 1.84 bits per heavy atom. The van der Waals surface area contributed by atoms with Crippen LogP contribution in [0.2, 0.25) is 0 Å². The van der Waals surface area contributed by atoms with Crippen LogP contribution in [0.25, 0.3) is 11.1 Å². The van der Waals surface area contributed by atoms with Gasteiger partial charge in [0.1, 0.15) is 11.4 Å². The molecular formula is C30H38N4O4. The van der Waals surface area contributed by atoms with Crippen molar-refractivity contribution in [1.82, 2.24) is 20.4 Å². The monoisotopic (exact) mass is 518 g/mol. The van der Waals surface area contributed by atoms with Gasteiger partial charge in [-0.25, -0.2) is 0 Å². The van der Waals surface area contributed by atoms with Crippen molar-refractivity contribution in [3.8, 4) is 16.9 Å². The van der Waals surface area contributed by atoms with Gasteiger partial charge in [-0.15, -0.1) is 0 Å². The van der Waals surface area contributed by atoms with E-state index in [1.165, 1.54) is 0 Å². The number of hydrogen-bond donors (Lipinski definition) is 3. The normalized spacial score (nSPS) is 13.9. The van der Waals surface area contributed by atoms with Crippen molar-refractivity contribution in [2.24, 2.45) is 0 Å². The summed E-state index contributed by atoms with van der Waals surface area (Å²) in [6.45, 7) is 9.14. The molecule has 0 spiro atoms. The fraction of sp³-hybridized carbons (Fsp3) is 0.433. The van der Waals surface area contributed by atoms with Gasteiger partial charge in [0.05, 0.1) is 13.2 Å². The summed E-state index contributed by atoms with van der Waals surface area (Å²) in [5, 5.41) is 20.7. The molecule has 1 saturated heterocycles. The highest BCUT2D eigenvalue weighted by molar-refractivity contribution is 5.92. The van der Waals surface area contributed by atoms with Crippen LogP contribution in [-0.2, 0) is 21.5 Å². The Hall–Kier alpha value is -3.65. The number of phenolic OH excluding ortho intramolecular Hbond substituents is 1. The number of carbonyl (C=O) groups excluding carboxylic acids is 2. The molecule has 0 aliphatic carbocycles. The van der Waals surface area contributed by atoms with E-state index in [4.69, 9.17) is 4.74 Å². The zero-order valence-corrected chi connectivity index (χ0v) is 22.5. The van der Waals surface area contributed by atoms with Gasteiger partial charge in [-0.05, 0) is 54.0 Å². The smallest absolute Gasteiger partial charge is 0.272 e. The number of unbranched alkanes of at least 4 members (excludes halogenated alkanes) is 1. The summed E-state index contributed by atoms with van der Waals surface area (Å²) in [6, 6.07) is 15.3. The first kappa shape index (κ1) is 27.4. The van der Waals surface area contributed by atoms with E-state index in [-0.39, 0.29) is 23.0 Å². The lowest BCUT2D eigenvalue weighted by Crippen LogP contribution is -2.40. The molecule has 8 nitrogen and oxygen atoms in total. The molecule has 0 unspecified atom stereocenters. The Kier molecular flexibility index (Phi) is 8.84. The van der Waals surface area contributed by atoms with Crippen LogP contribution < -0.4 is 5.32 Å². The van der Waals surface area contributed by atoms with Crippen LogP contribution in [0.15, 0.2) is 48.5 Å². The van der Waals surface area contributed by atoms with Crippen molar-refractivity contribution in [1.29, 1.82) is 0 Å². The van der Waals surface area contributed by atoms with Gasteiger partial charge < -0.3 is 20.1 Å². The van der Waals surface area contributed by atoms with Gasteiger partial charge in [-0.3, -0.25) is 14.7 Å². The number of morpholine rings is 1. The fourth-order valence-corrected chi connectivity index (χ4v) is 4.88. The average Bonchev–Trinajstić information content (AvgIpc) is 3.36. The maximum atomic E-state index is 12.5. The summed E-state index contributed by atoms with van der Waals surface area (Å²) in [5.74, 6) is 0.166. The van der Waals surface area contributed by atoms with Crippen molar-refractivity contribution in [3.05, 3.63) is 71.0 Å². The van der Waals surface area contributed by atoms with E-state index in [9.17, 15) is 14.7 Å². The number of nitrogens with zero attached hydrogens (tertiary/aromatic N) is 2. The van der Waals surface area contributed by atoms with E-state index in [2.05, 4.69) is 35.4 Å². The highest BCUT2D eigenvalue weighted by Crippen LogP contribution is 2.37. The number of aromatic amines is 1. The SMILES string of the molecule is Cc1cc(C(=O)NCc2ccccc2-c2ccc(C(C)(C)CCCCC(=O)N3CCOCC3)cc2O)n[nH]1. The van der Waals surface area contributed by atoms with Gasteiger partial charge in [0.25, 0.3) is 5.91 Å². The van der Waals surface area contributed by atoms with Crippen molar-refractivity contribution in [3.63, 3.8) is 0 Å². The van der Waals surface area contributed by atoms with Gasteiger partial charge in [-0.2, -0.15) is 5.10 Å². The molecule has 2 aromatic carbocycles. The first-order valence-electron chi connectivity index (χ1n) is 13.3. The van der Waals surface area contributed by atoms with Gasteiger partial charge >= 0.3 is 0 Å². The Balaban J connectivity index is 1.37. The zero-order valence-electron chi connectivity index (χ0n) is 22.5. The number of rotatable bonds is 10. The summed E-state index contributed by atoms with van der Waals surface area (Å²) in [6.07, 6.45) is 3.26. The van der Waals surface area contributed by atoms with Crippen molar-refractivity contribution in [2.45, 2.75) is 58.4 Å². The van der Waals surface area contributed by atoms with Crippen LogP contribution in [0.3, 0.4) is 0 Å². The molecule has 1 aliphatic rings. The van der Waals surface area contributed by atoms with Gasteiger partial charge in [-0.1, -0.05) is 56.7 Å². The molecular weight excluding hydrogens is 480 g/mol. The number of ether oxygens (including phenoxy) is 1. The second kappa shape index (κ2) is 12.3. The van der Waals surface area contributed by atoms with Gasteiger partial charge in [0.15, 0.2) is 0 Å². The molecule has 3 aromatic rings. The van der Waals surface area contributed by atoms with Crippen LogP contribution >= 0.6 is 0 Å². The van der Waals surface area contributed by atoms with Crippen LogP contribution in [-0.4, -0.2) is 58.3 Å². The number of hydrogen-bond acceptors (Lipinski definition) is 5. The number of aryl methyl sites for hydroxylation is 1. The second-order valence-corrected chi connectivity index (χ2v) is 10.6. The first-order valence-corrected chi connectivity index (χ1v) is 13.3. The predicted octanol–water partition coefficient (Wildman–Crippen LogP) is 4.72. The molecule has 2 amide bonds. The standard InChI is InChI=1S/C30H38N4O4/c1-21-18-26(33-32-21)29(37)31-20-22-8-4-5-9-24(22)25-12-11-23(19-27(25)35)30(2,3)13-7-6-10-28(36)34-14-16-38-17-15-34/h4-5,8-9,11-12,18-19,35H,6-7,10,13-17,20H2,1-3H3,(H,31,37)(H,32,33). The van der Waals surface area contributed by atoms with Crippen molar-refractivity contribution in [2.75, 3.05) is 26.3 Å². The summed E-state index contributed by atoms with van der Waals surface area (Å²) >= 11 is 0. The molecule has 1 fully saturated rings. The fourth-order valence-electron chi connectivity index (χ4n) is 4.88. The topological polar surface area (TPSA) is 108 Å². The van der Waals surface area contributed by atoms with E-state index in [0.29, 0.717) is 45.0 Å². The third-order valence-corrected chi connectivity index (χ3v) is 7.27. The highest BCUT2D eigenvalue weighted by Gasteiger charge is 2.23. The molecule has 202 valence electrons. The van der Waals surface area contributed by atoms with Crippen LogP contribution in [0.4, 0.5) is 0 Å². The molecule has 0 bridgehead atoms. The molecule has 4 rings (SSSR count). The molecule has 1 aromatic heterocycles. The van der Waals surface area contributed by atoms with E-state index >= 15 is 0 Å². The van der Waals surface area contributed by atoms with E-state index in [0.717, 1.165) is 47.2 Å². The third kappa shape index (κ3) is 6.81. The minimum atomic E-state index is -0.253. The summed E-state index contributed by atoms with van der Waals surface area (Å²) in [7, 11) is 0. The Labute approximate surface area is 224 Å². The molecule has 0 saturated carbocycles. The number of carbonyl (C=O) groups is 2. The van der Waals surface area contributed by atoms with Crippen molar-refractivity contribution >= 4 is 11.8 Å². The number of benzene rings is 2. The second-order valence-electron chi connectivity index (χ2n) is 10.6. The van der Waals surface area contributed by atoms with Gasteiger partial charge in [0.2, 0.25) is 5.91 Å². The molecule has 8 heteroatoms. The molecule has 3 N–H and O–H groups in total. The summed E-state index contributed by atoms with van der Waals surface area (Å²) in [4.78, 5) is 26.8. The average molecular weight is 519 g/mol. The Bertz CT molecular complexity index is 1260. The quantitative estimate of drug-likeness (QED) is 0.337. The number of nitrogens with one attached hydrogen (secondary N) is 2. The molecule has 2 heterocycles. The minimum absolute atomic E-state index is 0.146. The maximum absolute atomic E-state index is 12.5. The lowest BCUT2D eigenvalue weighted by molar-refractivity contribution is -0.135. The number of phenols is 1. The lowest BCUT2D eigenvalue weighted by Gasteiger charge is -2.28. The number of H-pyrrole nitrogens is 1. The Morgan fingerprint density at radius 1 is 1.08 bits per heavy atom. The highest BCUT2D eigenvalue weighted by atomic mass is 16.5. The van der Waals surface area contributed by atoms with E-state index in [1.54, 1.807) is 6.07 Å². The molecule has 38 heavy (non-hydrogen) atoms. The minimum Gasteiger partial charge on any atom is -0.507 e. The van der Waals surface area contributed by atoms with Crippen LogP contribution in [0, 0.1) is 6.92 Å². The van der Waals surface area contributed by atoms with E-state index in [1.807, 2.05) is 48.2 Å². The molecule has 0 radical (unpaired) electrons. The summed E-state index contributed by atoms with van der Waals surface area (Å²) in [5.41, 5.74) is 4.58. The van der Waals surface area contributed by atoms with E-state index < -0.39 is 0 Å². The van der Waals surface area contributed by atoms with Gasteiger partial charge in [0, 0.05) is 37.3 Å². The number of aromatic hydroxyl groups is 1. The molecule has 1 aliphatic heterocycles. The first-order chi connectivity index (χ1) is 18.2. The lowest BCUT2D eigenvalue weighted by atomic mass is 9.79. The molecule has 0 atom stereocenters. The number of amides is 2. The Morgan fingerprint density at radius 3 is 2.55 bits per heavy atom. The predicted molar refractivity (Wildman–Crippen MR) is 147 cm³/mol. The third-order valence-electron chi connectivity index (χ3n) is 7.27. The van der Waals surface area contributed by atoms with Crippen molar-refractivity contribution < 1.29 is 19.4 Å². The summed E-state index contributed by atoms with van der Waals surface area (Å²) < 4.78 is 5.33. The van der Waals surface area contributed by atoms with Crippen LogP contribution in [0.5, 0.6) is 5.75 Å². The van der Waals surface area contributed by atoms with Crippen LogP contribution in [0.1, 0.15) is 66.8 Å². The maximum Gasteiger partial charge on any atom is 0.272 e. The number of aromatic nitrogens is 2. The zero-order chi connectivity index (χ0) is 27.1.